The molecule has 0 fully saturated rings. The lowest BCUT2D eigenvalue weighted by Gasteiger charge is -2.16. The number of benzene rings is 1. The van der Waals surface area contributed by atoms with Gasteiger partial charge in [-0.3, -0.25) is 0 Å². The third-order valence-electron chi connectivity index (χ3n) is 5.79. The van der Waals surface area contributed by atoms with E-state index >= 15 is 0 Å². The standard InChI is InChI=1S/C27H44FNO3/c1-2-3-4-5-6-7-8-9-10-11-12-13-14-15-18-31-23-26(21-30)32-22-24-16-17-25(20-29)27(28)19-24/h16-17,19,26,30H,2-15,18,21-23H2,1H3/t26-/m0/s1. The smallest absolute Gasteiger partial charge is 0.141 e. The Hall–Kier alpha value is -1.48. The van der Waals surface area contributed by atoms with Crippen molar-refractivity contribution in [1.82, 2.24) is 0 Å². The van der Waals surface area contributed by atoms with E-state index in [4.69, 9.17) is 14.7 Å². The van der Waals surface area contributed by atoms with Gasteiger partial charge in [0.05, 0.1) is 25.4 Å². The summed E-state index contributed by atoms with van der Waals surface area (Å²) in [5.74, 6) is -0.553. The van der Waals surface area contributed by atoms with E-state index in [2.05, 4.69) is 6.92 Å². The zero-order valence-electron chi connectivity index (χ0n) is 20.1. The molecule has 1 aromatic rings. The van der Waals surface area contributed by atoms with Crippen LogP contribution in [0.25, 0.3) is 0 Å². The molecule has 1 rings (SSSR count). The normalized spacial score (nSPS) is 12.1. The molecule has 0 aliphatic carbocycles. The Bertz CT molecular complexity index is 617. The molecule has 0 spiro atoms. The molecule has 0 heterocycles. The zero-order chi connectivity index (χ0) is 23.3. The van der Waals surface area contributed by atoms with Crippen LogP contribution in [0.3, 0.4) is 0 Å². The second kappa shape index (κ2) is 20.1. The van der Waals surface area contributed by atoms with Gasteiger partial charge in [0.15, 0.2) is 0 Å². The van der Waals surface area contributed by atoms with Crippen LogP contribution in [0.4, 0.5) is 4.39 Å². The molecule has 0 saturated carbocycles. The van der Waals surface area contributed by atoms with Gasteiger partial charge < -0.3 is 14.6 Å². The van der Waals surface area contributed by atoms with Crippen LogP contribution in [0, 0.1) is 17.1 Å². The molecule has 0 unspecified atom stereocenters. The second-order valence-corrected chi connectivity index (χ2v) is 8.71. The summed E-state index contributed by atoms with van der Waals surface area (Å²) in [5, 5.41) is 18.2. The van der Waals surface area contributed by atoms with Crippen LogP contribution in [0.15, 0.2) is 18.2 Å². The average Bonchev–Trinajstić information content (AvgIpc) is 2.80. The van der Waals surface area contributed by atoms with E-state index in [1.54, 1.807) is 12.1 Å². The Morgan fingerprint density at radius 2 is 1.47 bits per heavy atom. The largest absolute Gasteiger partial charge is 0.394 e. The zero-order valence-corrected chi connectivity index (χ0v) is 20.1. The number of unbranched alkanes of at least 4 members (excludes halogenated alkanes) is 13. The Labute approximate surface area is 195 Å². The Morgan fingerprint density at radius 3 is 1.97 bits per heavy atom. The highest BCUT2D eigenvalue weighted by Gasteiger charge is 2.10. The summed E-state index contributed by atoms with van der Waals surface area (Å²) < 4.78 is 24.9. The summed E-state index contributed by atoms with van der Waals surface area (Å²) in [6.45, 7) is 3.30. The summed E-state index contributed by atoms with van der Waals surface area (Å²) in [7, 11) is 0. The quantitative estimate of drug-likeness (QED) is 0.204. The predicted octanol–water partition coefficient (Wildman–Crippen LogP) is 7.07. The number of halogens is 1. The van der Waals surface area contributed by atoms with Crippen molar-refractivity contribution in [3.63, 3.8) is 0 Å². The molecule has 0 aliphatic heterocycles. The van der Waals surface area contributed by atoms with Crippen LogP contribution in [-0.4, -0.2) is 31.0 Å². The molecule has 1 aromatic carbocycles. The number of rotatable bonds is 21. The molecule has 0 amide bonds. The Morgan fingerprint density at radius 1 is 0.906 bits per heavy atom. The number of ether oxygens (including phenoxy) is 2. The molecule has 5 heteroatoms. The number of nitriles is 1. The van der Waals surface area contributed by atoms with Gasteiger partial charge >= 0.3 is 0 Å². The lowest BCUT2D eigenvalue weighted by Crippen LogP contribution is -2.24. The minimum absolute atomic E-state index is 0.0176. The van der Waals surface area contributed by atoms with Crippen LogP contribution in [0.1, 0.15) is 108 Å². The van der Waals surface area contributed by atoms with Crippen molar-refractivity contribution in [2.24, 2.45) is 0 Å². The van der Waals surface area contributed by atoms with E-state index in [9.17, 15) is 9.50 Å². The van der Waals surface area contributed by atoms with Gasteiger partial charge in [-0.1, -0.05) is 96.5 Å². The topological polar surface area (TPSA) is 62.5 Å². The van der Waals surface area contributed by atoms with E-state index in [-0.39, 0.29) is 18.8 Å². The first-order valence-corrected chi connectivity index (χ1v) is 12.7. The Kier molecular flexibility index (Phi) is 18.0. The van der Waals surface area contributed by atoms with Gasteiger partial charge in [0.25, 0.3) is 0 Å². The third-order valence-corrected chi connectivity index (χ3v) is 5.79. The van der Waals surface area contributed by atoms with Gasteiger partial charge in [0, 0.05) is 6.61 Å². The SMILES string of the molecule is CCCCCCCCCCCCCCCCOC[C@H](CO)OCc1ccc(C#N)c(F)c1. The highest BCUT2D eigenvalue weighted by atomic mass is 19.1. The van der Waals surface area contributed by atoms with Crippen LogP contribution in [0.2, 0.25) is 0 Å². The van der Waals surface area contributed by atoms with Gasteiger partial charge in [0.1, 0.15) is 18.0 Å². The van der Waals surface area contributed by atoms with Gasteiger partial charge in [0.2, 0.25) is 0 Å². The van der Waals surface area contributed by atoms with E-state index in [0.29, 0.717) is 18.8 Å². The first-order valence-electron chi connectivity index (χ1n) is 12.7. The van der Waals surface area contributed by atoms with E-state index in [1.807, 2.05) is 0 Å². The van der Waals surface area contributed by atoms with E-state index in [1.165, 1.54) is 95.6 Å². The van der Waals surface area contributed by atoms with Crippen LogP contribution in [-0.2, 0) is 16.1 Å². The molecule has 32 heavy (non-hydrogen) atoms. The lowest BCUT2D eigenvalue weighted by molar-refractivity contribution is -0.0503. The minimum atomic E-state index is -0.553. The third kappa shape index (κ3) is 14.6. The van der Waals surface area contributed by atoms with E-state index in [0.717, 1.165) is 6.42 Å². The molecule has 0 aliphatic rings. The van der Waals surface area contributed by atoms with Crippen molar-refractivity contribution in [3.05, 3.63) is 35.1 Å². The molecule has 0 bridgehead atoms. The molecule has 1 atom stereocenters. The summed E-state index contributed by atoms with van der Waals surface area (Å²) in [4.78, 5) is 0. The first-order chi connectivity index (χ1) is 15.7. The average molecular weight is 450 g/mol. The van der Waals surface area contributed by atoms with E-state index < -0.39 is 11.9 Å². The molecule has 182 valence electrons. The monoisotopic (exact) mass is 449 g/mol. The molecule has 0 radical (unpaired) electrons. The number of nitrogens with zero attached hydrogens (tertiary/aromatic N) is 1. The maximum absolute atomic E-state index is 13.6. The summed E-state index contributed by atoms with van der Waals surface area (Å²) in [5.41, 5.74) is 0.649. The summed E-state index contributed by atoms with van der Waals surface area (Å²) in [6.07, 6.45) is 18.2. The maximum Gasteiger partial charge on any atom is 0.141 e. The van der Waals surface area contributed by atoms with Gasteiger partial charge in [-0.2, -0.15) is 5.26 Å². The minimum Gasteiger partial charge on any atom is -0.394 e. The summed E-state index contributed by atoms with van der Waals surface area (Å²) >= 11 is 0. The molecule has 0 saturated heterocycles. The van der Waals surface area contributed by atoms with Crippen molar-refractivity contribution in [2.75, 3.05) is 19.8 Å². The van der Waals surface area contributed by atoms with Crippen LogP contribution < -0.4 is 0 Å². The molecular weight excluding hydrogens is 405 g/mol. The van der Waals surface area contributed by atoms with Crippen molar-refractivity contribution < 1.29 is 19.0 Å². The molecule has 1 N–H and O–H groups in total. The molecular formula is C27H44FNO3. The van der Waals surface area contributed by atoms with Crippen molar-refractivity contribution >= 4 is 0 Å². The van der Waals surface area contributed by atoms with Gasteiger partial charge in [-0.05, 0) is 24.1 Å². The highest BCUT2D eigenvalue weighted by molar-refractivity contribution is 5.33. The van der Waals surface area contributed by atoms with Crippen molar-refractivity contribution in [1.29, 1.82) is 5.26 Å². The fourth-order valence-corrected chi connectivity index (χ4v) is 3.72. The maximum atomic E-state index is 13.6. The first kappa shape index (κ1) is 28.6. The lowest BCUT2D eigenvalue weighted by atomic mass is 10.0. The van der Waals surface area contributed by atoms with Crippen LogP contribution in [0.5, 0.6) is 0 Å². The summed E-state index contributed by atoms with van der Waals surface area (Å²) in [6, 6.07) is 6.19. The molecule has 0 aromatic heterocycles. The van der Waals surface area contributed by atoms with Crippen LogP contribution >= 0.6 is 0 Å². The number of aliphatic hydroxyl groups excluding tert-OH is 1. The fraction of sp³-hybridized carbons (Fsp3) is 0.741. The highest BCUT2D eigenvalue weighted by Crippen LogP contribution is 2.14. The van der Waals surface area contributed by atoms with Crippen molar-refractivity contribution in [2.45, 2.75) is 110 Å². The van der Waals surface area contributed by atoms with Gasteiger partial charge in [-0.25, -0.2) is 4.39 Å². The Balaban J connectivity index is 1.92. The van der Waals surface area contributed by atoms with Crippen molar-refractivity contribution in [3.8, 4) is 6.07 Å². The number of aliphatic hydroxyl groups is 1. The number of hydrogen-bond donors (Lipinski definition) is 1. The molecule has 4 nitrogen and oxygen atoms in total. The fourth-order valence-electron chi connectivity index (χ4n) is 3.72. The number of hydrogen-bond acceptors (Lipinski definition) is 4. The van der Waals surface area contributed by atoms with Gasteiger partial charge in [-0.15, -0.1) is 0 Å². The predicted molar refractivity (Wildman–Crippen MR) is 128 cm³/mol. The second-order valence-electron chi connectivity index (χ2n) is 8.71.